The fourth-order valence-electron chi connectivity index (χ4n) is 2.22. The van der Waals surface area contributed by atoms with Crippen LogP contribution in [0, 0.1) is 0 Å². The molecule has 2 rings (SSSR count). The number of hydrogen-bond donors (Lipinski definition) is 2. The van der Waals surface area contributed by atoms with E-state index >= 15 is 0 Å². The van der Waals surface area contributed by atoms with Crippen molar-refractivity contribution < 1.29 is 4.74 Å². The number of nitrogens with zero attached hydrogens (tertiary/aromatic N) is 1. The molecular formula is C19H25N3O. The summed E-state index contributed by atoms with van der Waals surface area (Å²) in [6.45, 7) is 4.34. The second-order valence-corrected chi connectivity index (χ2v) is 5.35. The van der Waals surface area contributed by atoms with Crippen LogP contribution in [0.25, 0.3) is 0 Å². The fraction of sp³-hybridized carbons (Fsp3) is 0.316. The van der Waals surface area contributed by atoms with Gasteiger partial charge < -0.3 is 15.4 Å². The molecule has 0 saturated carbocycles. The molecular weight excluding hydrogens is 286 g/mol. The number of ether oxygens (including phenoxy) is 1. The quantitative estimate of drug-likeness (QED) is 0.469. The summed E-state index contributed by atoms with van der Waals surface area (Å²) in [5, 5.41) is 6.61. The van der Waals surface area contributed by atoms with Crippen molar-refractivity contribution in [2.75, 3.05) is 26.7 Å². The number of aliphatic imine (C=N–C) groups is 1. The second kappa shape index (κ2) is 9.51. The third-order valence-corrected chi connectivity index (χ3v) is 3.57. The summed E-state index contributed by atoms with van der Waals surface area (Å²) in [4.78, 5) is 4.24. The molecule has 0 aromatic heterocycles. The summed E-state index contributed by atoms with van der Waals surface area (Å²) in [7, 11) is 1.78. The average Bonchev–Trinajstić information content (AvgIpc) is 2.62. The van der Waals surface area contributed by atoms with Crippen LogP contribution < -0.4 is 15.4 Å². The number of rotatable bonds is 7. The Kier molecular flexibility index (Phi) is 6.98. The van der Waals surface area contributed by atoms with Crippen molar-refractivity contribution in [2.45, 2.75) is 12.8 Å². The molecule has 0 fully saturated rings. The summed E-state index contributed by atoms with van der Waals surface area (Å²) in [6.07, 6.45) is 0. The highest BCUT2D eigenvalue weighted by Gasteiger charge is 2.05. The average molecular weight is 311 g/mol. The van der Waals surface area contributed by atoms with E-state index in [9.17, 15) is 0 Å². The molecule has 0 heterocycles. The molecule has 1 atom stereocenters. The number of nitrogens with one attached hydrogen (secondary N) is 2. The van der Waals surface area contributed by atoms with Crippen molar-refractivity contribution in [3.05, 3.63) is 66.2 Å². The molecule has 0 spiro atoms. The van der Waals surface area contributed by atoms with Gasteiger partial charge in [-0.2, -0.15) is 0 Å². The molecule has 0 radical (unpaired) electrons. The van der Waals surface area contributed by atoms with Gasteiger partial charge in [-0.1, -0.05) is 55.5 Å². The van der Waals surface area contributed by atoms with Crippen LogP contribution in [-0.4, -0.2) is 32.7 Å². The molecule has 0 aliphatic rings. The van der Waals surface area contributed by atoms with Gasteiger partial charge in [0, 0.05) is 13.6 Å². The van der Waals surface area contributed by atoms with Crippen molar-refractivity contribution >= 4 is 5.96 Å². The maximum absolute atomic E-state index is 5.65. The topological polar surface area (TPSA) is 45.7 Å². The van der Waals surface area contributed by atoms with E-state index in [1.165, 1.54) is 5.56 Å². The maximum atomic E-state index is 5.65. The predicted molar refractivity (Wildman–Crippen MR) is 96.2 cm³/mol. The molecule has 2 aromatic rings. The van der Waals surface area contributed by atoms with Gasteiger partial charge in [-0.15, -0.1) is 0 Å². The normalized spacial score (nSPS) is 12.5. The Morgan fingerprint density at radius 2 is 1.65 bits per heavy atom. The molecule has 0 saturated heterocycles. The third kappa shape index (κ3) is 6.02. The third-order valence-electron chi connectivity index (χ3n) is 3.57. The van der Waals surface area contributed by atoms with Gasteiger partial charge in [0.1, 0.15) is 12.4 Å². The monoisotopic (exact) mass is 311 g/mol. The highest BCUT2D eigenvalue weighted by molar-refractivity contribution is 5.79. The van der Waals surface area contributed by atoms with Crippen LogP contribution in [0.3, 0.4) is 0 Å². The fourth-order valence-corrected chi connectivity index (χ4v) is 2.22. The first kappa shape index (κ1) is 16.9. The lowest BCUT2D eigenvalue weighted by Crippen LogP contribution is -2.40. The van der Waals surface area contributed by atoms with Crippen molar-refractivity contribution in [1.82, 2.24) is 10.6 Å². The molecule has 2 N–H and O–H groups in total. The summed E-state index contributed by atoms with van der Waals surface area (Å²) in [5.74, 6) is 2.11. The van der Waals surface area contributed by atoms with Gasteiger partial charge in [0.2, 0.25) is 0 Å². The van der Waals surface area contributed by atoms with E-state index < -0.39 is 0 Å². The van der Waals surface area contributed by atoms with Crippen LogP contribution in [0.1, 0.15) is 18.4 Å². The Bertz CT molecular complexity index is 584. The number of guanidine groups is 1. The molecule has 0 aliphatic carbocycles. The van der Waals surface area contributed by atoms with Gasteiger partial charge in [0.25, 0.3) is 0 Å². The van der Waals surface area contributed by atoms with Crippen molar-refractivity contribution in [1.29, 1.82) is 0 Å². The Morgan fingerprint density at radius 1 is 1.00 bits per heavy atom. The van der Waals surface area contributed by atoms with E-state index in [-0.39, 0.29) is 0 Å². The van der Waals surface area contributed by atoms with E-state index in [1.54, 1.807) is 7.05 Å². The molecule has 0 aliphatic heterocycles. The van der Waals surface area contributed by atoms with Crippen molar-refractivity contribution in [3.8, 4) is 5.75 Å². The first-order chi connectivity index (χ1) is 11.3. The van der Waals surface area contributed by atoms with E-state index in [2.05, 4.69) is 46.8 Å². The highest BCUT2D eigenvalue weighted by atomic mass is 16.5. The summed E-state index contributed by atoms with van der Waals surface area (Å²) in [5.41, 5.74) is 1.32. The summed E-state index contributed by atoms with van der Waals surface area (Å²) in [6, 6.07) is 20.3. The highest BCUT2D eigenvalue weighted by Crippen LogP contribution is 2.12. The predicted octanol–water partition coefficient (Wildman–Crippen LogP) is 3.03. The maximum Gasteiger partial charge on any atom is 0.191 e. The van der Waals surface area contributed by atoms with Crippen LogP contribution in [0.15, 0.2) is 65.7 Å². The zero-order valence-electron chi connectivity index (χ0n) is 13.8. The molecule has 1 unspecified atom stereocenters. The zero-order chi connectivity index (χ0) is 16.3. The van der Waals surface area contributed by atoms with Crippen LogP contribution in [0.2, 0.25) is 0 Å². The van der Waals surface area contributed by atoms with E-state index in [4.69, 9.17) is 4.74 Å². The first-order valence-corrected chi connectivity index (χ1v) is 7.97. The van der Waals surface area contributed by atoms with Crippen LogP contribution in [0.5, 0.6) is 5.75 Å². The number of benzene rings is 2. The lowest BCUT2D eigenvalue weighted by molar-refractivity contribution is 0.322. The SMILES string of the molecule is CN=C(NCCOc1ccccc1)NCC(C)c1ccccc1. The Labute approximate surface area is 138 Å². The molecule has 2 aromatic carbocycles. The van der Waals surface area contributed by atoms with Crippen LogP contribution >= 0.6 is 0 Å². The van der Waals surface area contributed by atoms with Crippen molar-refractivity contribution in [3.63, 3.8) is 0 Å². The largest absolute Gasteiger partial charge is 0.492 e. The first-order valence-electron chi connectivity index (χ1n) is 7.97. The molecule has 0 bridgehead atoms. The lowest BCUT2D eigenvalue weighted by atomic mass is 10.0. The Morgan fingerprint density at radius 3 is 2.30 bits per heavy atom. The Hall–Kier alpha value is -2.49. The Balaban J connectivity index is 1.67. The molecule has 122 valence electrons. The van der Waals surface area contributed by atoms with E-state index in [0.29, 0.717) is 19.1 Å². The standard InChI is InChI=1S/C19H25N3O/c1-16(17-9-5-3-6-10-17)15-22-19(20-2)21-13-14-23-18-11-7-4-8-12-18/h3-12,16H,13-15H2,1-2H3,(H2,20,21,22). The van der Waals surface area contributed by atoms with Gasteiger partial charge in [-0.05, 0) is 23.6 Å². The van der Waals surface area contributed by atoms with Crippen LogP contribution in [0.4, 0.5) is 0 Å². The zero-order valence-corrected chi connectivity index (χ0v) is 13.8. The minimum absolute atomic E-state index is 0.426. The second-order valence-electron chi connectivity index (χ2n) is 5.35. The number of para-hydroxylation sites is 1. The van der Waals surface area contributed by atoms with E-state index in [1.807, 2.05) is 36.4 Å². The molecule has 4 heteroatoms. The van der Waals surface area contributed by atoms with Gasteiger partial charge in [0.15, 0.2) is 5.96 Å². The molecule has 0 amide bonds. The lowest BCUT2D eigenvalue weighted by Gasteiger charge is -2.16. The van der Waals surface area contributed by atoms with Gasteiger partial charge in [-0.25, -0.2) is 0 Å². The van der Waals surface area contributed by atoms with Gasteiger partial charge in [-0.3, -0.25) is 4.99 Å². The smallest absolute Gasteiger partial charge is 0.191 e. The molecule has 23 heavy (non-hydrogen) atoms. The van der Waals surface area contributed by atoms with Gasteiger partial charge >= 0.3 is 0 Å². The van der Waals surface area contributed by atoms with E-state index in [0.717, 1.165) is 18.3 Å². The van der Waals surface area contributed by atoms with Crippen LogP contribution in [-0.2, 0) is 0 Å². The summed E-state index contributed by atoms with van der Waals surface area (Å²) >= 11 is 0. The minimum atomic E-state index is 0.426. The minimum Gasteiger partial charge on any atom is -0.492 e. The summed E-state index contributed by atoms with van der Waals surface area (Å²) < 4.78 is 5.65. The number of hydrogen-bond acceptors (Lipinski definition) is 2. The van der Waals surface area contributed by atoms with Gasteiger partial charge in [0.05, 0.1) is 6.54 Å². The van der Waals surface area contributed by atoms with Crippen molar-refractivity contribution in [2.24, 2.45) is 4.99 Å². The molecule has 4 nitrogen and oxygen atoms in total.